The smallest absolute Gasteiger partial charge is 0.152 e. The van der Waals surface area contributed by atoms with E-state index in [2.05, 4.69) is 6.58 Å². The van der Waals surface area contributed by atoms with E-state index in [1.165, 1.54) is 0 Å². The van der Waals surface area contributed by atoms with Crippen molar-refractivity contribution < 1.29 is 8.42 Å². The summed E-state index contributed by atoms with van der Waals surface area (Å²) < 4.78 is 22.7. The number of unbranched alkanes of at least 4 members (excludes halogenated alkanes) is 3. The molecule has 0 unspecified atom stereocenters. The van der Waals surface area contributed by atoms with E-state index in [-0.39, 0.29) is 5.25 Å². The van der Waals surface area contributed by atoms with E-state index >= 15 is 0 Å². The molecule has 0 spiro atoms. The lowest BCUT2D eigenvalue weighted by molar-refractivity contribution is 0.581. The molecule has 0 saturated heterocycles. The van der Waals surface area contributed by atoms with Crippen molar-refractivity contribution in [3.63, 3.8) is 0 Å². The molecule has 0 N–H and O–H groups in total. The van der Waals surface area contributed by atoms with E-state index in [1.54, 1.807) is 13.8 Å². The maximum absolute atomic E-state index is 11.3. The molecule has 0 heterocycles. The van der Waals surface area contributed by atoms with Crippen LogP contribution < -0.4 is 0 Å². The van der Waals surface area contributed by atoms with Gasteiger partial charge in [0.1, 0.15) is 0 Å². The number of sulfone groups is 1. The van der Waals surface area contributed by atoms with E-state index in [1.807, 2.05) is 6.08 Å². The van der Waals surface area contributed by atoms with E-state index < -0.39 is 9.84 Å². The first-order chi connectivity index (χ1) is 6.00. The second-order valence-corrected chi connectivity index (χ2v) is 6.23. The molecule has 0 radical (unpaired) electrons. The summed E-state index contributed by atoms with van der Waals surface area (Å²) >= 11 is 0. The number of rotatable bonds is 7. The SMILES string of the molecule is C=CCCCCCS(=O)(=O)C(C)C. The average Bonchev–Trinajstić information content (AvgIpc) is 2.03. The molecule has 0 aromatic carbocycles. The fourth-order valence-electron chi connectivity index (χ4n) is 1.00. The Bertz CT molecular complexity index is 227. The minimum absolute atomic E-state index is 0.230. The molecule has 0 fully saturated rings. The molecule has 0 saturated carbocycles. The van der Waals surface area contributed by atoms with Crippen LogP contribution in [-0.4, -0.2) is 19.4 Å². The van der Waals surface area contributed by atoms with Gasteiger partial charge in [0.2, 0.25) is 0 Å². The zero-order chi connectivity index (χ0) is 10.3. The minimum atomic E-state index is -2.81. The Labute approximate surface area is 82.0 Å². The van der Waals surface area contributed by atoms with Crippen LogP contribution in [-0.2, 0) is 9.84 Å². The number of hydrogen-bond acceptors (Lipinski definition) is 2. The van der Waals surface area contributed by atoms with Crippen molar-refractivity contribution in [2.75, 3.05) is 5.75 Å². The van der Waals surface area contributed by atoms with E-state index in [9.17, 15) is 8.42 Å². The predicted octanol–water partition coefficient (Wildman–Crippen LogP) is 2.56. The van der Waals surface area contributed by atoms with Crippen molar-refractivity contribution >= 4 is 9.84 Å². The van der Waals surface area contributed by atoms with Crippen molar-refractivity contribution in [1.82, 2.24) is 0 Å². The summed E-state index contributed by atoms with van der Waals surface area (Å²) in [6.45, 7) is 7.09. The molecule has 0 aromatic heterocycles. The third-order valence-electron chi connectivity index (χ3n) is 2.06. The second kappa shape index (κ2) is 6.19. The van der Waals surface area contributed by atoms with E-state index in [0.717, 1.165) is 25.7 Å². The molecule has 0 atom stereocenters. The molecule has 13 heavy (non-hydrogen) atoms. The van der Waals surface area contributed by atoms with Gasteiger partial charge in [-0.3, -0.25) is 0 Å². The third kappa shape index (κ3) is 5.86. The van der Waals surface area contributed by atoms with Crippen LogP contribution in [0, 0.1) is 0 Å². The van der Waals surface area contributed by atoms with Gasteiger partial charge in [0.05, 0.1) is 11.0 Å². The molecule has 78 valence electrons. The van der Waals surface area contributed by atoms with Gasteiger partial charge in [-0.15, -0.1) is 6.58 Å². The lowest BCUT2D eigenvalue weighted by Crippen LogP contribution is -2.17. The van der Waals surface area contributed by atoms with E-state index in [4.69, 9.17) is 0 Å². The monoisotopic (exact) mass is 204 g/mol. The molecule has 0 aliphatic rings. The summed E-state index contributed by atoms with van der Waals surface area (Å²) in [7, 11) is -2.81. The zero-order valence-corrected chi connectivity index (χ0v) is 9.44. The van der Waals surface area contributed by atoms with Gasteiger partial charge in [0, 0.05) is 0 Å². The van der Waals surface area contributed by atoms with Crippen molar-refractivity contribution in [2.45, 2.75) is 44.8 Å². The van der Waals surface area contributed by atoms with Crippen LogP contribution in [0.15, 0.2) is 12.7 Å². The summed E-state index contributed by atoms with van der Waals surface area (Å²) in [4.78, 5) is 0. The fraction of sp³-hybridized carbons (Fsp3) is 0.800. The summed E-state index contributed by atoms with van der Waals surface area (Å²) in [5.74, 6) is 0.335. The Hall–Kier alpha value is -0.310. The first-order valence-corrected chi connectivity index (χ1v) is 6.54. The van der Waals surface area contributed by atoms with Crippen molar-refractivity contribution in [2.24, 2.45) is 0 Å². The minimum Gasteiger partial charge on any atom is -0.229 e. The van der Waals surface area contributed by atoms with Crippen LogP contribution in [0.3, 0.4) is 0 Å². The van der Waals surface area contributed by atoms with Gasteiger partial charge in [0.25, 0.3) is 0 Å². The number of hydrogen-bond donors (Lipinski definition) is 0. The highest BCUT2D eigenvalue weighted by Gasteiger charge is 2.14. The summed E-state index contributed by atoms with van der Waals surface area (Å²) in [6.07, 6.45) is 5.68. The summed E-state index contributed by atoms with van der Waals surface area (Å²) in [5.41, 5.74) is 0. The van der Waals surface area contributed by atoms with Gasteiger partial charge in [-0.1, -0.05) is 12.5 Å². The Balaban J connectivity index is 3.59. The van der Waals surface area contributed by atoms with Gasteiger partial charge in [-0.2, -0.15) is 0 Å². The normalized spacial score (nSPS) is 11.9. The molecule has 0 rings (SSSR count). The average molecular weight is 204 g/mol. The highest BCUT2D eigenvalue weighted by molar-refractivity contribution is 7.91. The molecule has 0 amide bonds. The Morgan fingerprint density at radius 2 is 1.85 bits per heavy atom. The van der Waals surface area contributed by atoms with Gasteiger partial charge < -0.3 is 0 Å². The predicted molar refractivity (Wildman–Crippen MR) is 57.6 cm³/mol. The molecule has 2 nitrogen and oxygen atoms in total. The van der Waals surface area contributed by atoms with E-state index in [0.29, 0.717) is 5.75 Å². The van der Waals surface area contributed by atoms with Crippen LogP contribution in [0.4, 0.5) is 0 Å². The van der Waals surface area contributed by atoms with Crippen molar-refractivity contribution in [3.05, 3.63) is 12.7 Å². The topological polar surface area (TPSA) is 34.1 Å². The van der Waals surface area contributed by atoms with Gasteiger partial charge in [0.15, 0.2) is 9.84 Å². The van der Waals surface area contributed by atoms with Crippen molar-refractivity contribution in [1.29, 1.82) is 0 Å². The van der Waals surface area contributed by atoms with Gasteiger partial charge in [-0.25, -0.2) is 8.42 Å². The largest absolute Gasteiger partial charge is 0.229 e. The first kappa shape index (κ1) is 12.7. The standard InChI is InChI=1S/C10H20O2S/c1-4-5-6-7-8-9-13(11,12)10(2)3/h4,10H,1,5-9H2,2-3H3. The van der Waals surface area contributed by atoms with Crippen LogP contribution >= 0.6 is 0 Å². The molecule has 3 heteroatoms. The van der Waals surface area contributed by atoms with Crippen LogP contribution in [0.1, 0.15) is 39.5 Å². The molecular weight excluding hydrogens is 184 g/mol. The Morgan fingerprint density at radius 1 is 1.23 bits per heavy atom. The molecular formula is C10H20O2S. The zero-order valence-electron chi connectivity index (χ0n) is 8.62. The maximum Gasteiger partial charge on any atom is 0.152 e. The number of allylic oxidation sites excluding steroid dienone is 1. The molecule has 0 aromatic rings. The quantitative estimate of drug-likeness (QED) is 0.472. The van der Waals surface area contributed by atoms with Crippen molar-refractivity contribution in [3.8, 4) is 0 Å². The van der Waals surface area contributed by atoms with Crippen LogP contribution in [0.5, 0.6) is 0 Å². The second-order valence-electron chi connectivity index (χ2n) is 3.55. The molecule has 0 aliphatic carbocycles. The summed E-state index contributed by atoms with van der Waals surface area (Å²) in [6, 6.07) is 0. The van der Waals surface area contributed by atoms with Crippen LogP contribution in [0.2, 0.25) is 0 Å². The Kier molecular flexibility index (Phi) is 6.04. The lowest BCUT2D eigenvalue weighted by atomic mass is 10.2. The molecule has 0 bridgehead atoms. The highest BCUT2D eigenvalue weighted by Crippen LogP contribution is 2.07. The maximum atomic E-state index is 11.3. The molecule has 0 aliphatic heterocycles. The third-order valence-corrected chi connectivity index (χ3v) is 4.35. The van der Waals surface area contributed by atoms with Gasteiger partial charge >= 0.3 is 0 Å². The fourth-order valence-corrected chi connectivity index (χ4v) is 2.08. The summed E-state index contributed by atoms with van der Waals surface area (Å²) in [5, 5.41) is -0.230. The highest BCUT2D eigenvalue weighted by atomic mass is 32.2. The van der Waals surface area contributed by atoms with Crippen LogP contribution in [0.25, 0.3) is 0 Å². The van der Waals surface area contributed by atoms with Gasteiger partial charge in [-0.05, 0) is 33.1 Å². The lowest BCUT2D eigenvalue weighted by Gasteiger charge is -2.06. The first-order valence-electron chi connectivity index (χ1n) is 4.83. The Morgan fingerprint density at radius 3 is 2.31 bits per heavy atom.